The Kier molecular flexibility index (Phi) is 9.06. The van der Waals surface area contributed by atoms with Crippen LogP contribution in [0.1, 0.15) is 88.2 Å². The molecular formula is C32H32Cl2F6O. The van der Waals surface area contributed by atoms with Crippen LogP contribution in [-0.4, -0.2) is 0 Å². The smallest absolute Gasteiger partial charge is 0.428 e. The Morgan fingerprint density at radius 1 is 0.854 bits per heavy atom. The van der Waals surface area contributed by atoms with Crippen molar-refractivity contribution in [3.05, 3.63) is 74.8 Å². The lowest BCUT2D eigenvalue weighted by molar-refractivity contribution is -0.185. The van der Waals surface area contributed by atoms with E-state index in [1.807, 2.05) is 0 Å². The van der Waals surface area contributed by atoms with Gasteiger partial charge in [-0.3, -0.25) is 0 Å². The first-order valence-corrected chi connectivity index (χ1v) is 15.1. The average molecular weight is 618 g/mol. The zero-order chi connectivity index (χ0) is 29.5. The minimum absolute atomic E-state index is 0.0986. The van der Waals surface area contributed by atoms with E-state index in [-0.39, 0.29) is 11.3 Å². The first-order valence-electron chi connectivity index (χ1n) is 14.3. The standard InChI is InChI=1S/C32H32Cl2F6O/c1-2-3-4-5-17-6-7-19-13-20(9-8-18(19)12-17)23-10-11-24(28(34)29(23)36)32(39,40)41-22-14-21-15-26(35)30(37)31(38)27(21)25(33)16-22/h10-11,14-20H,2-9,12-13H2,1H3. The highest BCUT2D eigenvalue weighted by Crippen LogP contribution is 2.50. The monoisotopic (exact) mass is 616 g/mol. The topological polar surface area (TPSA) is 9.23 Å². The number of ether oxygens (including phenoxy) is 1. The van der Waals surface area contributed by atoms with Crippen LogP contribution in [0.2, 0.25) is 10.0 Å². The van der Waals surface area contributed by atoms with Crippen molar-refractivity contribution in [1.82, 2.24) is 0 Å². The molecule has 5 rings (SSSR count). The van der Waals surface area contributed by atoms with E-state index in [0.717, 1.165) is 49.8 Å². The van der Waals surface area contributed by atoms with Crippen molar-refractivity contribution in [3.63, 3.8) is 0 Å². The van der Waals surface area contributed by atoms with Crippen LogP contribution in [0.25, 0.3) is 10.8 Å². The predicted octanol–water partition coefficient (Wildman–Crippen LogP) is 11.7. The molecule has 2 aliphatic rings. The van der Waals surface area contributed by atoms with Crippen molar-refractivity contribution in [2.45, 2.75) is 83.2 Å². The summed E-state index contributed by atoms with van der Waals surface area (Å²) in [5.41, 5.74) is -0.547. The van der Waals surface area contributed by atoms with Gasteiger partial charge in [-0.15, -0.1) is 0 Å². The molecule has 2 fully saturated rings. The molecule has 4 atom stereocenters. The number of benzene rings is 3. The van der Waals surface area contributed by atoms with Gasteiger partial charge in [-0.25, -0.2) is 17.6 Å². The molecular weight excluding hydrogens is 585 g/mol. The Morgan fingerprint density at radius 2 is 1.59 bits per heavy atom. The lowest BCUT2D eigenvalue weighted by Crippen LogP contribution is -2.31. The molecule has 9 heteroatoms. The molecule has 3 aromatic rings. The zero-order valence-corrected chi connectivity index (χ0v) is 24.2. The minimum atomic E-state index is -4.10. The molecule has 2 aliphatic carbocycles. The zero-order valence-electron chi connectivity index (χ0n) is 22.7. The van der Waals surface area contributed by atoms with Gasteiger partial charge >= 0.3 is 6.11 Å². The number of rotatable bonds is 8. The van der Waals surface area contributed by atoms with Crippen molar-refractivity contribution < 1.29 is 31.1 Å². The summed E-state index contributed by atoms with van der Waals surface area (Å²) in [6.45, 7) is 2.21. The Labute approximate surface area is 246 Å². The molecule has 4 unspecified atom stereocenters. The van der Waals surface area contributed by atoms with Crippen LogP contribution in [0.15, 0.2) is 30.3 Å². The lowest BCUT2D eigenvalue weighted by Gasteiger charge is -2.42. The van der Waals surface area contributed by atoms with E-state index >= 15 is 13.2 Å². The van der Waals surface area contributed by atoms with E-state index in [0.29, 0.717) is 23.5 Å². The van der Waals surface area contributed by atoms with Gasteiger partial charge in [0, 0.05) is 5.39 Å². The van der Waals surface area contributed by atoms with E-state index < -0.39 is 56.1 Å². The molecule has 0 heterocycles. The third-order valence-corrected chi connectivity index (χ3v) is 9.72. The molecule has 0 saturated heterocycles. The van der Waals surface area contributed by atoms with Gasteiger partial charge in [-0.05, 0) is 91.0 Å². The highest BCUT2D eigenvalue weighted by Gasteiger charge is 2.41. The largest absolute Gasteiger partial charge is 0.429 e. The molecule has 0 N–H and O–H groups in total. The summed E-state index contributed by atoms with van der Waals surface area (Å²) in [4.78, 5) is 0. The highest BCUT2D eigenvalue weighted by atomic mass is 35.5. The second-order valence-corrected chi connectivity index (χ2v) is 12.4. The van der Waals surface area contributed by atoms with E-state index in [1.54, 1.807) is 0 Å². The van der Waals surface area contributed by atoms with Crippen molar-refractivity contribution in [3.8, 4) is 5.75 Å². The van der Waals surface area contributed by atoms with Crippen molar-refractivity contribution in [2.75, 3.05) is 0 Å². The van der Waals surface area contributed by atoms with Crippen molar-refractivity contribution in [1.29, 1.82) is 0 Å². The Hall–Kier alpha value is -2.12. The van der Waals surface area contributed by atoms with Gasteiger partial charge < -0.3 is 4.74 Å². The second kappa shape index (κ2) is 12.2. The van der Waals surface area contributed by atoms with E-state index in [2.05, 4.69) is 6.92 Å². The summed E-state index contributed by atoms with van der Waals surface area (Å²) < 4.78 is 92.3. The van der Waals surface area contributed by atoms with Gasteiger partial charge in [0.05, 0.1) is 15.6 Å². The van der Waals surface area contributed by atoms with Crippen molar-refractivity contribution >= 4 is 34.0 Å². The third-order valence-electron chi connectivity index (χ3n) is 9.05. The molecule has 0 radical (unpaired) electrons. The fraction of sp³-hybridized carbons (Fsp3) is 0.500. The third kappa shape index (κ3) is 6.17. The summed E-state index contributed by atoms with van der Waals surface area (Å²) in [6, 6.07) is 4.80. The first-order chi connectivity index (χ1) is 19.5. The predicted molar refractivity (Wildman–Crippen MR) is 150 cm³/mol. The first kappa shape index (κ1) is 30.3. The Morgan fingerprint density at radius 3 is 2.34 bits per heavy atom. The molecule has 0 spiro atoms. The van der Waals surface area contributed by atoms with Gasteiger partial charge in [0.2, 0.25) is 0 Å². The van der Waals surface area contributed by atoms with Gasteiger partial charge in [0.25, 0.3) is 0 Å². The van der Waals surface area contributed by atoms with E-state index in [1.165, 1.54) is 44.6 Å². The number of fused-ring (bicyclic) bond motifs is 2. The number of hydrogen-bond donors (Lipinski definition) is 0. The number of unbranched alkanes of at least 4 members (excludes halogenated alkanes) is 2. The van der Waals surface area contributed by atoms with Crippen LogP contribution in [-0.2, 0) is 6.11 Å². The van der Waals surface area contributed by atoms with Crippen LogP contribution in [0.5, 0.6) is 5.75 Å². The molecule has 41 heavy (non-hydrogen) atoms. The van der Waals surface area contributed by atoms with Gasteiger partial charge in [-0.1, -0.05) is 68.3 Å². The Bertz CT molecular complexity index is 1430. The maximum absolute atomic E-state index is 15.5. The average Bonchev–Trinajstić information content (AvgIpc) is 2.92. The molecule has 1 nitrogen and oxygen atoms in total. The quantitative estimate of drug-likeness (QED) is 0.139. The molecule has 0 aliphatic heterocycles. The summed E-state index contributed by atoms with van der Waals surface area (Å²) in [5, 5.41) is -1.95. The van der Waals surface area contributed by atoms with Crippen LogP contribution < -0.4 is 4.74 Å². The Balaban J connectivity index is 1.32. The van der Waals surface area contributed by atoms with Crippen LogP contribution >= 0.6 is 23.2 Å². The molecule has 2 saturated carbocycles. The van der Waals surface area contributed by atoms with Gasteiger partial charge in [0.1, 0.15) is 11.6 Å². The normalized spacial score (nSPS) is 23.0. The number of hydrogen-bond acceptors (Lipinski definition) is 1. The van der Waals surface area contributed by atoms with Gasteiger partial charge in [0.15, 0.2) is 17.5 Å². The minimum Gasteiger partial charge on any atom is -0.429 e. The summed E-state index contributed by atoms with van der Waals surface area (Å²) in [5.74, 6) is -4.43. The maximum atomic E-state index is 15.5. The second-order valence-electron chi connectivity index (χ2n) is 11.6. The molecule has 222 valence electrons. The van der Waals surface area contributed by atoms with Crippen LogP contribution in [0, 0.1) is 41.0 Å². The van der Waals surface area contributed by atoms with Crippen molar-refractivity contribution in [2.24, 2.45) is 17.8 Å². The molecule has 3 aromatic carbocycles. The summed E-state index contributed by atoms with van der Waals surface area (Å²) >= 11 is 12.1. The molecule has 0 amide bonds. The van der Waals surface area contributed by atoms with E-state index in [4.69, 9.17) is 27.9 Å². The molecule has 0 bridgehead atoms. The van der Waals surface area contributed by atoms with Gasteiger partial charge in [-0.2, -0.15) is 8.78 Å². The number of halogens is 8. The SMILES string of the molecule is CCCCCC1CCC2CC(c3ccc(C(F)(F)Oc4cc(Cl)c5c(F)c(F)c(F)cc5c4)c(Cl)c3F)CCC2C1. The summed E-state index contributed by atoms with van der Waals surface area (Å²) in [7, 11) is 0. The van der Waals surface area contributed by atoms with Crippen LogP contribution in [0.4, 0.5) is 26.3 Å². The summed E-state index contributed by atoms with van der Waals surface area (Å²) in [6.07, 6.45) is 7.06. The maximum Gasteiger partial charge on any atom is 0.428 e. The lowest BCUT2D eigenvalue weighted by atomic mass is 9.63. The van der Waals surface area contributed by atoms with Crippen LogP contribution in [0.3, 0.4) is 0 Å². The fourth-order valence-corrected chi connectivity index (χ4v) is 7.52. The van der Waals surface area contributed by atoms with E-state index in [9.17, 15) is 13.2 Å². The fourth-order valence-electron chi connectivity index (χ4n) is 6.94. The molecule has 0 aromatic heterocycles. The highest BCUT2D eigenvalue weighted by molar-refractivity contribution is 6.35. The number of alkyl halides is 2.